The van der Waals surface area contributed by atoms with Crippen molar-refractivity contribution in [1.29, 1.82) is 0 Å². The summed E-state index contributed by atoms with van der Waals surface area (Å²) in [5.74, 6) is 0. The highest BCUT2D eigenvalue weighted by atomic mass is 15.2. The molecule has 0 N–H and O–H groups in total. The maximum Gasteiger partial charge on any atom is 0.0732 e. The second-order valence-corrected chi connectivity index (χ2v) is 19.2. The molecule has 0 bridgehead atoms. The summed E-state index contributed by atoms with van der Waals surface area (Å²) in [7, 11) is 0. The zero-order valence-electron chi connectivity index (χ0n) is 40.1. The number of benzene rings is 12. The molecule has 1 spiro atoms. The molecule has 0 aromatic heterocycles. The first-order valence-corrected chi connectivity index (χ1v) is 25.2. The predicted molar refractivity (Wildman–Crippen MR) is 306 cm³/mol. The van der Waals surface area contributed by atoms with Gasteiger partial charge >= 0.3 is 0 Å². The van der Waals surface area contributed by atoms with Gasteiger partial charge in [-0.15, -0.1) is 0 Å². The summed E-state index contributed by atoms with van der Waals surface area (Å²) in [6.45, 7) is 0. The van der Waals surface area contributed by atoms with Gasteiger partial charge in [-0.1, -0.05) is 224 Å². The van der Waals surface area contributed by atoms with Crippen molar-refractivity contribution < 1.29 is 0 Å². The molecular formula is C71H48N2. The topological polar surface area (TPSA) is 6.48 Å². The van der Waals surface area contributed by atoms with E-state index in [9.17, 15) is 0 Å². The largest absolute Gasteiger partial charge is 0.310 e. The average Bonchev–Trinajstić information content (AvgIpc) is 3.98. The maximum atomic E-state index is 2.50. The van der Waals surface area contributed by atoms with E-state index in [1.54, 1.807) is 0 Å². The van der Waals surface area contributed by atoms with Crippen molar-refractivity contribution in [1.82, 2.24) is 0 Å². The minimum absolute atomic E-state index is 0.534. The minimum atomic E-state index is -0.534. The zero-order chi connectivity index (χ0) is 48.3. The van der Waals surface area contributed by atoms with Gasteiger partial charge in [0.25, 0.3) is 0 Å². The zero-order valence-corrected chi connectivity index (χ0v) is 40.1. The lowest BCUT2D eigenvalue weighted by molar-refractivity contribution is 0.801. The molecule has 12 aromatic rings. The fourth-order valence-corrected chi connectivity index (χ4v) is 12.0. The molecule has 2 aliphatic carbocycles. The first kappa shape index (κ1) is 42.4. The van der Waals surface area contributed by atoms with E-state index < -0.39 is 5.41 Å². The van der Waals surface area contributed by atoms with Crippen LogP contribution in [0.5, 0.6) is 0 Å². The van der Waals surface area contributed by atoms with Gasteiger partial charge in [0.05, 0.1) is 5.41 Å². The number of fused-ring (bicyclic) bond motifs is 12. The Bertz CT molecular complexity index is 3900. The molecule has 342 valence electrons. The molecule has 0 saturated carbocycles. The van der Waals surface area contributed by atoms with Crippen LogP contribution in [0.2, 0.25) is 0 Å². The molecule has 0 amide bonds. The molecule has 0 radical (unpaired) electrons. The van der Waals surface area contributed by atoms with Gasteiger partial charge in [-0.2, -0.15) is 0 Å². The molecule has 2 aliphatic rings. The Balaban J connectivity index is 0.968. The van der Waals surface area contributed by atoms with E-state index >= 15 is 0 Å². The van der Waals surface area contributed by atoms with Crippen molar-refractivity contribution in [3.05, 3.63) is 313 Å². The van der Waals surface area contributed by atoms with E-state index in [0.717, 1.165) is 34.1 Å². The summed E-state index contributed by atoms with van der Waals surface area (Å²) in [6, 6.07) is 107. The van der Waals surface area contributed by atoms with E-state index in [4.69, 9.17) is 0 Å². The first-order valence-electron chi connectivity index (χ1n) is 25.2. The third kappa shape index (κ3) is 6.94. The number of hydrogen-bond donors (Lipinski definition) is 0. The lowest BCUT2D eigenvalue weighted by Gasteiger charge is -2.33. The molecule has 1 atom stereocenters. The molecule has 0 fully saturated rings. The Labute approximate surface area is 427 Å². The number of hydrogen-bond acceptors (Lipinski definition) is 2. The Kier molecular flexibility index (Phi) is 10.1. The van der Waals surface area contributed by atoms with Crippen LogP contribution < -0.4 is 9.80 Å². The molecule has 0 aliphatic heterocycles. The lowest BCUT2D eigenvalue weighted by Crippen LogP contribution is -2.26. The van der Waals surface area contributed by atoms with Crippen LogP contribution >= 0.6 is 0 Å². The maximum absolute atomic E-state index is 2.50. The molecule has 0 heterocycles. The third-order valence-electron chi connectivity index (χ3n) is 15.3. The molecule has 2 nitrogen and oxygen atoms in total. The lowest BCUT2D eigenvalue weighted by atomic mass is 9.69. The molecule has 73 heavy (non-hydrogen) atoms. The van der Waals surface area contributed by atoms with Crippen LogP contribution in [0.1, 0.15) is 22.3 Å². The van der Waals surface area contributed by atoms with Crippen molar-refractivity contribution in [2.45, 2.75) is 5.41 Å². The summed E-state index contributed by atoms with van der Waals surface area (Å²) in [6.07, 6.45) is 0. The Morgan fingerprint density at radius 1 is 0.219 bits per heavy atom. The molecule has 2 heteroatoms. The summed E-state index contributed by atoms with van der Waals surface area (Å²) in [4.78, 5) is 4.84. The van der Waals surface area contributed by atoms with E-state index in [1.807, 2.05) is 0 Å². The fraction of sp³-hybridized carbons (Fsp3) is 0.0141. The van der Waals surface area contributed by atoms with Crippen LogP contribution in [0.25, 0.3) is 66.4 Å². The van der Waals surface area contributed by atoms with E-state index in [-0.39, 0.29) is 0 Å². The second kappa shape index (κ2) is 17.4. The number of anilines is 6. The van der Waals surface area contributed by atoms with Crippen molar-refractivity contribution in [2.75, 3.05) is 9.80 Å². The highest BCUT2D eigenvalue weighted by Crippen LogP contribution is 2.64. The molecular weight excluding hydrogens is 881 g/mol. The quantitative estimate of drug-likeness (QED) is 0.142. The van der Waals surface area contributed by atoms with Gasteiger partial charge in [-0.3, -0.25) is 0 Å². The first-order chi connectivity index (χ1) is 36.2. The summed E-state index contributed by atoms with van der Waals surface area (Å²) in [5.41, 5.74) is 23.5. The molecule has 14 rings (SSSR count). The van der Waals surface area contributed by atoms with Crippen LogP contribution in [0.15, 0.2) is 291 Å². The predicted octanol–water partition coefficient (Wildman–Crippen LogP) is 19.1. The normalized spacial score (nSPS) is 13.8. The van der Waals surface area contributed by atoms with Gasteiger partial charge in [0, 0.05) is 34.1 Å². The third-order valence-corrected chi connectivity index (χ3v) is 15.3. The summed E-state index contributed by atoms with van der Waals surface area (Å²) < 4.78 is 0. The van der Waals surface area contributed by atoms with Crippen LogP contribution in [0.4, 0.5) is 34.1 Å². The minimum Gasteiger partial charge on any atom is -0.310 e. The Morgan fingerprint density at radius 3 is 1.11 bits per heavy atom. The van der Waals surface area contributed by atoms with E-state index in [2.05, 4.69) is 301 Å². The van der Waals surface area contributed by atoms with Crippen molar-refractivity contribution in [2.24, 2.45) is 0 Å². The molecule has 1 unspecified atom stereocenters. The van der Waals surface area contributed by atoms with Gasteiger partial charge in [-0.25, -0.2) is 0 Å². The molecule has 12 aromatic carbocycles. The van der Waals surface area contributed by atoms with Crippen LogP contribution in [-0.4, -0.2) is 0 Å². The Morgan fingerprint density at radius 2 is 0.589 bits per heavy atom. The molecule has 0 saturated heterocycles. The standard InChI is InChI=1S/C71H48N2/c1-4-17-49(18-5-1)52-31-38-56(39-32-52)72(57-40-33-53(34-41-57)50-19-6-2-7-20-50)59-24-16-25-60(47-59)73(58-42-35-54(36-43-58)51-21-8-3-9-22-51)61-44-46-65-63-27-12-14-29-67(63)71(69(65)48-61)68-30-15-13-28-64(68)66-45-37-55-23-10-11-26-62(55)70(66)71/h1-48H. The van der Waals surface area contributed by atoms with Gasteiger partial charge in [-0.05, 0) is 155 Å². The van der Waals surface area contributed by atoms with Gasteiger partial charge in [0.15, 0.2) is 0 Å². The van der Waals surface area contributed by atoms with Crippen LogP contribution in [-0.2, 0) is 5.41 Å². The highest BCUT2D eigenvalue weighted by molar-refractivity contribution is 6.04. The average molecular weight is 929 g/mol. The van der Waals surface area contributed by atoms with Crippen molar-refractivity contribution >= 4 is 44.9 Å². The fourth-order valence-electron chi connectivity index (χ4n) is 12.0. The summed E-state index contributed by atoms with van der Waals surface area (Å²) >= 11 is 0. The summed E-state index contributed by atoms with van der Waals surface area (Å²) in [5, 5.41) is 2.54. The Hall–Kier alpha value is -9.50. The number of nitrogens with zero attached hydrogens (tertiary/aromatic N) is 2. The van der Waals surface area contributed by atoms with Crippen molar-refractivity contribution in [3.8, 4) is 55.6 Å². The second-order valence-electron chi connectivity index (χ2n) is 19.2. The van der Waals surface area contributed by atoms with Crippen LogP contribution in [0, 0.1) is 0 Å². The van der Waals surface area contributed by atoms with E-state index in [1.165, 1.54) is 88.7 Å². The smallest absolute Gasteiger partial charge is 0.0732 e. The number of rotatable bonds is 9. The van der Waals surface area contributed by atoms with Crippen molar-refractivity contribution in [3.63, 3.8) is 0 Å². The van der Waals surface area contributed by atoms with E-state index in [0.29, 0.717) is 0 Å². The monoisotopic (exact) mass is 928 g/mol. The SMILES string of the molecule is c1ccc(-c2ccc(N(c3ccc(-c4ccccc4)cc3)c3cccc(N(c4ccc(-c5ccccc5)cc4)c4ccc5c(c4)C4(c6ccccc6-5)c5ccccc5-c5ccc6ccccc6c54)c3)cc2)cc1. The van der Waals surface area contributed by atoms with Crippen LogP contribution in [0.3, 0.4) is 0 Å². The van der Waals surface area contributed by atoms with Gasteiger partial charge in [0.1, 0.15) is 0 Å². The van der Waals surface area contributed by atoms with Gasteiger partial charge < -0.3 is 9.80 Å². The highest BCUT2D eigenvalue weighted by Gasteiger charge is 2.52. The van der Waals surface area contributed by atoms with Gasteiger partial charge in [0.2, 0.25) is 0 Å².